The number of anilines is 1. The number of thiazole rings is 1. The molecule has 28 heavy (non-hydrogen) atoms. The number of carbonyl (C=O) groups is 1. The van der Waals surface area contributed by atoms with Crippen molar-refractivity contribution in [1.29, 1.82) is 0 Å². The minimum atomic E-state index is -0.146. The topological polar surface area (TPSA) is 60.5 Å². The van der Waals surface area contributed by atoms with Crippen molar-refractivity contribution in [3.05, 3.63) is 64.1 Å². The summed E-state index contributed by atoms with van der Waals surface area (Å²) in [6, 6.07) is 13.1. The van der Waals surface area contributed by atoms with Gasteiger partial charge in [0.05, 0.1) is 29.5 Å². The fourth-order valence-electron chi connectivity index (χ4n) is 2.85. The number of ether oxygens (including phenoxy) is 2. The zero-order valence-electron chi connectivity index (χ0n) is 15.4. The number of carbonyl (C=O) groups excluding carboxylic acids is 1. The van der Waals surface area contributed by atoms with Crippen molar-refractivity contribution >= 4 is 34.7 Å². The number of nitrogens with zero attached hydrogens (tertiary/aromatic N) is 1. The summed E-state index contributed by atoms with van der Waals surface area (Å²) in [5.74, 6) is 1.97. The molecule has 3 aromatic rings. The summed E-state index contributed by atoms with van der Waals surface area (Å²) in [5, 5.41) is 6.08. The second kappa shape index (κ2) is 8.67. The van der Waals surface area contributed by atoms with Gasteiger partial charge in [-0.25, -0.2) is 4.98 Å². The lowest BCUT2D eigenvalue weighted by atomic mass is 10.2. The molecular formula is C21H20N2O3S2. The van der Waals surface area contributed by atoms with E-state index in [-0.39, 0.29) is 5.91 Å². The average Bonchev–Trinajstić information content (AvgIpc) is 2.98. The second-order valence-electron chi connectivity index (χ2n) is 6.31. The number of amides is 1. The predicted molar refractivity (Wildman–Crippen MR) is 113 cm³/mol. The Hall–Kier alpha value is -2.51. The third-order valence-corrected chi connectivity index (χ3v) is 6.11. The number of aryl methyl sites for hydroxylation is 1. The summed E-state index contributed by atoms with van der Waals surface area (Å²) in [4.78, 5) is 18.3. The normalized spacial score (nSPS) is 13.0. The van der Waals surface area contributed by atoms with Crippen LogP contribution in [0.4, 0.5) is 5.69 Å². The molecule has 0 atom stereocenters. The van der Waals surface area contributed by atoms with Gasteiger partial charge in [-0.2, -0.15) is 0 Å². The van der Waals surface area contributed by atoms with Gasteiger partial charge in [0.2, 0.25) is 0 Å². The van der Waals surface area contributed by atoms with E-state index in [1.165, 1.54) is 0 Å². The first-order valence-corrected chi connectivity index (χ1v) is 10.9. The second-order valence-corrected chi connectivity index (χ2v) is 8.39. The van der Waals surface area contributed by atoms with E-state index >= 15 is 0 Å². The predicted octanol–water partition coefficient (Wildman–Crippen LogP) is 5.16. The minimum absolute atomic E-state index is 0.146. The molecule has 0 saturated heterocycles. The van der Waals surface area contributed by atoms with Crippen LogP contribution in [0.1, 0.15) is 27.5 Å². The van der Waals surface area contributed by atoms with Gasteiger partial charge in [-0.05, 0) is 31.2 Å². The number of nitrogens with one attached hydrogen (secondary N) is 1. The third-order valence-electron chi connectivity index (χ3n) is 4.18. The molecule has 0 bridgehead atoms. The average molecular weight is 413 g/mol. The Labute approximate surface area is 172 Å². The number of fused-ring (bicyclic) bond motifs is 1. The lowest BCUT2D eigenvalue weighted by Gasteiger charge is -2.12. The molecule has 2 aromatic carbocycles. The Morgan fingerprint density at radius 3 is 2.82 bits per heavy atom. The fourth-order valence-corrected chi connectivity index (χ4v) is 4.51. The number of benzene rings is 2. The smallest absolute Gasteiger partial charge is 0.256 e. The molecule has 0 spiro atoms. The molecule has 4 rings (SSSR count). The number of thioether (sulfide) groups is 1. The van der Waals surface area contributed by atoms with Gasteiger partial charge < -0.3 is 14.8 Å². The maximum absolute atomic E-state index is 12.9. The molecule has 144 valence electrons. The quantitative estimate of drug-likeness (QED) is 0.587. The SMILES string of the molecule is Cc1nc(CSc2ccccc2C(=O)Nc2ccc3c(c2)OCCCO3)cs1. The van der Waals surface area contributed by atoms with E-state index < -0.39 is 0 Å². The van der Waals surface area contributed by atoms with Crippen molar-refractivity contribution < 1.29 is 14.3 Å². The summed E-state index contributed by atoms with van der Waals surface area (Å²) >= 11 is 3.26. The molecule has 7 heteroatoms. The van der Waals surface area contributed by atoms with Crippen LogP contribution in [-0.4, -0.2) is 24.1 Å². The number of aromatic nitrogens is 1. The highest BCUT2D eigenvalue weighted by Gasteiger charge is 2.15. The Bertz CT molecular complexity index is 987. The van der Waals surface area contributed by atoms with Crippen molar-refractivity contribution in [1.82, 2.24) is 4.98 Å². The molecule has 0 unspecified atom stereocenters. The van der Waals surface area contributed by atoms with E-state index in [4.69, 9.17) is 9.47 Å². The molecule has 0 saturated carbocycles. The van der Waals surface area contributed by atoms with Crippen molar-refractivity contribution in [3.63, 3.8) is 0 Å². The molecule has 1 aliphatic rings. The van der Waals surface area contributed by atoms with Crippen LogP contribution in [0.2, 0.25) is 0 Å². The Balaban J connectivity index is 1.48. The van der Waals surface area contributed by atoms with Crippen molar-refractivity contribution in [2.24, 2.45) is 0 Å². The molecule has 2 heterocycles. The van der Waals surface area contributed by atoms with Gasteiger partial charge in [0.15, 0.2) is 11.5 Å². The summed E-state index contributed by atoms with van der Waals surface area (Å²) in [7, 11) is 0. The molecule has 1 amide bonds. The fraction of sp³-hybridized carbons (Fsp3) is 0.238. The van der Waals surface area contributed by atoms with Crippen LogP contribution in [-0.2, 0) is 5.75 Å². The maximum atomic E-state index is 12.9. The van der Waals surface area contributed by atoms with E-state index in [1.807, 2.05) is 49.4 Å². The van der Waals surface area contributed by atoms with E-state index in [0.717, 1.165) is 27.8 Å². The molecule has 5 nitrogen and oxygen atoms in total. The Kier molecular flexibility index (Phi) is 5.83. The summed E-state index contributed by atoms with van der Waals surface area (Å²) < 4.78 is 11.3. The lowest BCUT2D eigenvalue weighted by molar-refractivity contribution is 0.102. The molecule has 1 aromatic heterocycles. The van der Waals surface area contributed by atoms with Gasteiger partial charge in [0.1, 0.15) is 0 Å². The van der Waals surface area contributed by atoms with Crippen LogP contribution in [0.15, 0.2) is 52.7 Å². The standard InChI is InChI=1S/C21H20N2O3S2/c1-14-22-16(12-27-14)13-28-20-6-3-2-5-17(20)21(24)23-15-7-8-18-19(11-15)26-10-4-9-25-18/h2-3,5-8,11-12H,4,9-10,13H2,1H3,(H,23,24). The maximum Gasteiger partial charge on any atom is 0.256 e. The number of rotatable bonds is 5. The highest BCUT2D eigenvalue weighted by atomic mass is 32.2. The monoisotopic (exact) mass is 412 g/mol. The molecule has 0 fully saturated rings. The number of hydrogen-bond donors (Lipinski definition) is 1. The number of hydrogen-bond acceptors (Lipinski definition) is 6. The van der Waals surface area contributed by atoms with Gasteiger partial charge in [0.25, 0.3) is 5.91 Å². The van der Waals surface area contributed by atoms with E-state index in [0.29, 0.717) is 36.0 Å². The van der Waals surface area contributed by atoms with Crippen LogP contribution in [0.25, 0.3) is 0 Å². The first-order chi connectivity index (χ1) is 13.7. The Morgan fingerprint density at radius 1 is 1.18 bits per heavy atom. The molecular weight excluding hydrogens is 392 g/mol. The van der Waals surface area contributed by atoms with Gasteiger partial charge in [-0.3, -0.25) is 4.79 Å². The van der Waals surface area contributed by atoms with Crippen LogP contribution < -0.4 is 14.8 Å². The largest absolute Gasteiger partial charge is 0.490 e. The van der Waals surface area contributed by atoms with Gasteiger partial charge in [-0.15, -0.1) is 23.1 Å². The Morgan fingerprint density at radius 2 is 2.00 bits per heavy atom. The van der Waals surface area contributed by atoms with Gasteiger partial charge in [0, 0.05) is 34.2 Å². The highest BCUT2D eigenvalue weighted by molar-refractivity contribution is 7.98. The molecule has 1 aliphatic heterocycles. The van der Waals surface area contributed by atoms with Crippen molar-refractivity contribution in [3.8, 4) is 11.5 Å². The van der Waals surface area contributed by atoms with Crippen molar-refractivity contribution in [2.75, 3.05) is 18.5 Å². The van der Waals surface area contributed by atoms with Crippen LogP contribution in [0.5, 0.6) is 11.5 Å². The van der Waals surface area contributed by atoms with Gasteiger partial charge >= 0.3 is 0 Å². The summed E-state index contributed by atoms with van der Waals surface area (Å²) in [6.45, 7) is 3.25. The molecule has 1 N–H and O–H groups in total. The van der Waals surface area contributed by atoms with Crippen LogP contribution in [0.3, 0.4) is 0 Å². The van der Waals surface area contributed by atoms with E-state index in [2.05, 4.69) is 15.7 Å². The zero-order chi connectivity index (χ0) is 19.3. The first kappa shape index (κ1) is 18.8. The van der Waals surface area contributed by atoms with Gasteiger partial charge in [-0.1, -0.05) is 12.1 Å². The summed E-state index contributed by atoms with van der Waals surface area (Å²) in [6.07, 6.45) is 0.847. The third kappa shape index (κ3) is 4.48. The molecule has 0 aliphatic carbocycles. The zero-order valence-corrected chi connectivity index (χ0v) is 17.1. The van der Waals surface area contributed by atoms with Crippen LogP contribution >= 0.6 is 23.1 Å². The summed E-state index contributed by atoms with van der Waals surface area (Å²) in [5.41, 5.74) is 2.36. The first-order valence-electron chi connectivity index (χ1n) is 9.03. The van der Waals surface area contributed by atoms with E-state index in [9.17, 15) is 4.79 Å². The minimum Gasteiger partial charge on any atom is -0.490 e. The molecule has 0 radical (unpaired) electrons. The van der Waals surface area contributed by atoms with Crippen molar-refractivity contribution in [2.45, 2.75) is 24.0 Å². The van der Waals surface area contributed by atoms with E-state index in [1.54, 1.807) is 23.1 Å². The van der Waals surface area contributed by atoms with Crippen LogP contribution in [0, 0.1) is 6.92 Å². The highest BCUT2D eigenvalue weighted by Crippen LogP contribution is 2.33. The lowest BCUT2D eigenvalue weighted by Crippen LogP contribution is -2.13.